The summed E-state index contributed by atoms with van der Waals surface area (Å²) in [6, 6.07) is 12.6. The van der Waals surface area contributed by atoms with E-state index < -0.39 is 0 Å². The first-order chi connectivity index (χ1) is 14.4. The summed E-state index contributed by atoms with van der Waals surface area (Å²) >= 11 is 8.60. The van der Waals surface area contributed by atoms with Crippen LogP contribution in [0.1, 0.15) is 31.7 Å². The molecule has 0 heterocycles. The third-order valence-corrected chi connectivity index (χ3v) is 4.70. The van der Waals surface area contributed by atoms with Crippen LogP contribution in [0, 0.1) is 0 Å². The lowest BCUT2D eigenvalue weighted by atomic mass is 10.2. The van der Waals surface area contributed by atoms with E-state index in [2.05, 4.69) is 31.9 Å². The topological polar surface area (TPSA) is 79.5 Å². The third-order valence-electron chi connectivity index (χ3n) is 4.00. The number of methoxy groups -OCH3 is 1. The zero-order chi connectivity index (χ0) is 21.9. The number of rotatable bonds is 8. The molecule has 8 heteroatoms. The molecule has 3 N–H and O–H groups in total. The summed E-state index contributed by atoms with van der Waals surface area (Å²) in [5.74, 6) is 0.247. The number of benzene rings is 2. The fourth-order valence-electron chi connectivity index (χ4n) is 2.55. The van der Waals surface area contributed by atoms with Crippen molar-refractivity contribution >= 4 is 62.5 Å². The normalized spacial score (nSPS) is 10.5. The summed E-state index contributed by atoms with van der Waals surface area (Å²) in [5, 5.41) is 8.54. The monoisotopic (exact) mass is 489 g/mol. The molecule has 2 rings (SSSR count). The zero-order valence-electron chi connectivity index (χ0n) is 16.8. The molecule has 2 amide bonds. The molecule has 0 radical (unpaired) electrons. The third kappa shape index (κ3) is 7.96. The van der Waals surface area contributed by atoms with Crippen LogP contribution in [0.15, 0.2) is 53.0 Å². The van der Waals surface area contributed by atoms with Crippen LogP contribution < -0.4 is 20.7 Å². The van der Waals surface area contributed by atoms with Gasteiger partial charge in [0.1, 0.15) is 5.75 Å². The minimum absolute atomic E-state index is 0.0296. The number of nitrogens with one attached hydrogen (secondary N) is 3. The van der Waals surface area contributed by atoms with Crippen molar-refractivity contribution in [3.05, 3.63) is 58.6 Å². The molecule has 6 nitrogen and oxygen atoms in total. The minimum atomic E-state index is -0.376. The average molecular weight is 490 g/mol. The molecule has 2 aromatic carbocycles. The first-order valence-corrected chi connectivity index (χ1v) is 10.6. The largest absolute Gasteiger partial charge is 0.496 e. The predicted molar refractivity (Wildman–Crippen MR) is 129 cm³/mol. The molecular weight excluding hydrogens is 466 g/mol. The molecule has 0 bridgehead atoms. The van der Waals surface area contributed by atoms with E-state index in [1.165, 1.54) is 6.08 Å². The van der Waals surface area contributed by atoms with Crippen molar-refractivity contribution in [1.29, 1.82) is 0 Å². The van der Waals surface area contributed by atoms with E-state index in [0.29, 0.717) is 23.5 Å². The van der Waals surface area contributed by atoms with Crippen molar-refractivity contribution in [3.8, 4) is 5.75 Å². The van der Waals surface area contributed by atoms with E-state index in [0.717, 1.165) is 22.9 Å². The Bertz CT molecular complexity index is 947. The lowest BCUT2D eigenvalue weighted by molar-refractivity contribution is -0.116. The maximum Gasteiger partial charge on any atom is 0.250 e. The number of unbranched alkanes of at least 4 members (excludes halogenated alkanes) is 1. The number of ether oxygens (including phenoxy) is 1. The second-order valence-corrected chi connectivity index (χ2v) is 7.72. The smallest absolute Gasteiger partial charge is 0.250 e. The van der Waals surface area contributed by atoms with Crippen molar-refractivity contribution in [1.82, 2.24) is 5.32 Å². The first-order valence-electron chi connectivity index (χ1n) is 9.44. The highest BCUT2D eigenvalue weighted by molar-refractivity contribution is 9.10. The summed E-state index contributed by atoms with van der Waals surface area (Å²) in [6.45, 7) is 2.04. The van der Waals surface area contributed by atoms with Crippen molar-refractivity contribution in [2.45, 2.75) is 26.2 Å². The first kappa shape index (κ1) is 23.6. The second-order valence-electron chi connectivity index (χ2n) is 6.40. The summed E-state index contributed by atoms with van der Waals surface area (Å²) in [6.07, 6.45) is 5.32. The van der Waals surface area contributed by atoms with Crippen molar-refractivity contribution < 1.29 is 14.3 Å². The number of halogens is 1. The van der Waals surface area contributed by atoms with Crippen LogP contribution in [0.3, 0.4) is 0 Å². The fourth-order valence-corrected chi connectivity index (χ4v) is 3.15. The van der Waals surface area contributed by atoms with Crippen LogP contribution in [-0.4, -0.2) is 24.0 Å². The molecule has 0 aliphatic heterocycles. The zero-order valence-corrected chi connectivity index (χ0v) is 19.2. The van der Waals surface area contributed by atoms with Crippen LogP contribution in [0.4, 0.5) is 11.4 Å². The van der Waals surface area contributed by atoms with Crippen molar-refractivity contribution in [3.63, 3.8) is 0 Å². The molecule has 0 atom stereocenters. The fraction of sp³-hybridized carbons (Fsp3) is 0.227. The van der Waals surface area contributed by atoms with Gasteiger partial charge in [-0.2, -0.15) is 0 Å². The van der Waals surface area contributed by atoms with Gasteiger partial charge < -0.3 is 15.4 Å². The Hall–Kier alpha value is -2.71. The molecule has 0 aliphatic carbocycles. The molecule has 0 unspecified atom stereocenters. The van der Waals surface area contributed by atoms with Gasteiger partial charge in [-0.3, -0.25) is 14.9 Å². The number of hydrogen-bond acceptors (Lipinski definition) is 4. The van der Waals surface area contributed by atoms with Gasteiger partial charge in [-0.25, -0.2) is 0 Å². The predicted octanol–water partition coefficient (Wildman–Crippen LogP) is 5.11. The van der Waals surface area contributed by atoms with Crippen LogP contribution in [-0.2, 0) is 9.59 Å². The van der Waals surface area contributed by atoms with Crippen molar-refractivity contribution in [2.75, 3.05) is 17.7 Å². The lowest BCUT2D eigenvalue weighted by Crippen LogP contribution is -2.32. The quantitative estimate of drug-likeness (QED) is 0.354. The Balaban J connectivity index is 1.92. The van der Waals surface area contributed by atoms with Gasteiger partial charge >= 0.3 is 0 Å². The Labute approximate surface area is 190 Å². The molecule has 158 valence electrons. The summed E-state index contributed by atoms with van der Waals surface area (Å²) < 4.78 is 6.16. The van der Waals surface area contributed by atoms with E-state index in [9.17, 15) is 9.59 Å². The van der Waals surface area contributed by atoms with Crippen LogP contribution in [0.2, 0.25) is 0 Å². The van der Waals surface area contributed by atoms with E-state index >= 15 is 0 Å². The maximum absolute atomic E-state index is 12.2. The number of carbonyl (C=O) groups is 2. The Morgan fingerprint density at radius 2 is 1.87 bits per heavy atom. The Morgan fingerprint density at radius 1 is 1.13 bits per heavy atom. The van der Waals surface area contributed by atoms with E-state index in [4.69, 9.17) is 17.0 Å². The molecule has 0 saturated heterocycles. The molecule has 0 aliphatic rings. The molecule has 2 aromatic rings. The van der Waals surface area contributed by atoms with Gasteiger partial charge in [0.2, 0.25) is 11.8 Å². The van der Waals surface area contributed by atoms with E-state index in [-0.39, 0.29) is 16.9 Å². The van der Waals surface area contributed by atoms with Gasteiger partial charge in [-0.05, 0) is 61.1 Å². The molecular formula is C22H24BrN3O3S. The number of hydrogen-bond donors (Lipinski definition) is 3. The Kier molecular flexibility index (Phi) is 9.50. The molecule has 0 fully saturated rings. The number of amides is 2. The summed E-state index contributed by atoms with van der Waals surface area (Å²) in [5.41, 5.74) is 2.08. The Morgan fingerprint density at radius 3 is 2.57 bits per heavy atom. The summed E-state index contributed by atoms with van der Waals surface area (Å²) in [7, 11) is 1.57. The van der Waals surface area contributed by atoms with E-state index in [1.807, 2.05) is 25.1 Å². The average Bonchev–Trinajstić information content (AvgIpc) is 2.71. The number of carbonyl (C=O) groups excluding carboxylic acids is 2. The van der Waals surface area contributed by atoms with Crippen molar-refractivity contribution in [2.24, 2.45) is 0 Å². The molecule has 0 spiro atoms. The second kappa shape index (κ2) is 12.1. The van der Waals surface area contributed by atoms with Crippen LogP contribution in [0.25, 0.3) is 6.08 Å². The SMILES string of the molecule is CCCCC(=O)Nc1cccc(NC(=S)NC(=O)/C=C/c2cc(Br)ccc2OC)c1. The number of anilines is 2. The van der Waals surface area contributed by atoms with Gasteiger partial charge in [0.15, 0.2) is 5.11 Å². The molecule has 30 heavy (non-hydrogen) atoms. The highest BCUT2D eigenvalue weighted by atomic mass is 79.9. The lowest BCUT2D eigenvalue weighted by Gasteiger charge is -2.10. The van der Waals surface area contributed by atoms with Gasteiger partial charge in [-0.15, -0.1) is 0 Å². The van der Waals surface area contributed by atoms with E-state index in [1.54, 1.807) is 37.5 Å². The molecule has 0 aromatic heterocycles. The van der Waals surface area contributed by atoms with Gasteiger partial charge in [0.25, 0.3) is 0 Å². The molecule has 0 saturated carbocycles. The van der Waals surface area contributed by atoms with Gasteiger partial charge in [0.05, 0.1) is 7.11 Å². The highest BCUT2D eigenvalue weighted by Gasteiger charge is 2.06. The standard InChI is InChI=1S/C22H24BrN3O3S/c1-3-4-8-20(27)24-17-6-5-7-18(14-17)25-22(30)26-21(28)12-9-15-13-16(23)10-11-19(15)29-2/h5-7,9-14H,3-4,8H2,1-2H3,(H,24,27)(H2,25,26,28,30)/b12-9+. The van der Waals surface area contributed by atoms with Crippen LogP contribution in [0.5, 0.6) is 5.75 Å². The highest BCUT2D eigenvalue weighted by Crippen LogP contribution is 2.24. The number of thiocarbonyl (C=S) groups is 1. The maximum atomic E-state index is 12.2. The minimum Gasteiger partial charge on any atom is -0.496 e. The van der Waals surface area contributed by atoms with Gasteiger partial charge in [0, 0.05) is 33.9 Å². The van der Waals surface area contributed by atoms with Crippen LogP contribution >= 0.6 is 28.1 Å². The van der Waals surface area contributed by atoms with Gasteiger partial charge in [-0.1, -0.05) is 35.3 Å². The summed E-state index contributed by atoms with van der Waals surface area (Å²) in [4.78, 5) is 24.1.